The van der Waals surface area contributed by atoms with Crippen molar-refractivity contribution >= 4 is 6.09 Å². The van der Waals surface area contributed by atoms with Crippen LogP contribution >= 0.6 is 0 Å². The number of hydrogen-bond donors (Lipinski definition) is 1. The monoisotopic (exact) mass is 198 g/mol. The molecular formula is C10H18N2O2. The Bertz CT molecular complexity index is 272. The van der Waals surface area contributed by atoms with Gasteiger partial charge in [0.2, 0.25) is 0 Å². The first-order valence-electron chi connectivity index (χ1n) is 5.06. The summed E-state index contributed by atoms with van der Waals surface area (Å²) >= 11 is 0. The number of hydrogen-bond acceptors (Lipinski definition) is 3. The van der Waals surface area contributed by atoms with Gasteiger partial charge in [-0.3, -0.25) is 0 Å². The number of ether oxygens (including phenoxy) is 1. The van der Waals surface area contributed by atoms with Gasteiger partial charge < -0.3 is 15.0 Å². The SMILES string of the molecule is CC(C)(C)OC(=O)N1C[C@H]2N[C@@]2(C)C1. The number of piperazine rings is 1. The lowest BCUT2D eigenvalue weighted by molar-refractivity contribution is 0.0271. The van der Waals surface area contributed by atoms with E-state index in [0.717, 1.165) is 13.1 Å². The van der Waals surface area contributed by atoms with E-state index in [1.165, 1.54) is 0 Å². The zero-order chi connectivity index (χ0) is 10.6. The van der Waals surface area contributed by atoms with Gasteiger partial charge in [-0.15, -0.1) is 0 Å². The van der Waals surface area contributed by atoms with Crippen LogP contribution in [0.5, 0.6) is 0 Å². The Morgan fingerprint density at radius 2 is 2.21 bits per heavy atom. The van der Waals surface area contributed by atoms with Gasteiger partial charge in [0.25, 0.3) is 0 Å². The van der Waals surface area contributed by atoms with Gasteiger partial charge in [0.05, 0.1) is 5.54 Å². The molecule has 0 unspecified atom stereocenters. The van der Waals surface area contributed by atoms with E-state index in [2.05, 4.69) is 12.2 Å². The minimum atomic E-state index is -0.391. The summed E-state index contributed by atoms with van der Waals surface area (Å²) in [5.74, 6) is 0. The quantitative estimate of drug-likeness (QED) is 0.590. The number of amides is 1. The molecule has 4 heteroatoms. The van der Waals surface area contributed by atoms with Crippen molar-refractivity contribution in [3.05, 3.63) is 0 Å². The van der Waals surface area contributed by atoms with E-state index in [1.54, 1.807) is 4.90 Å². The third-order valence-electron chi connectivity index (χ3n) is 2.76. The molecule has 0 aliphatic carbocycles. The van der Waals surface area contributed by atoms with E-state index in [9.17, 15) is 4.79 Å². The van der Waals surface area contributed by atoms with Gasteiger partial charge in [0.15, 0.2) is 0 Å². The second-order valence-electron chi connectivity index (χ2n) is 5.48. The van der Waals surface area contributed by atoms with E-state index >= 15 is 0 Å². The highest BCUT2D eigenvalue weighted by Gasteiger charge is 2.57. The van der Waals surface area contributed by atoms with Gasteiger partial charge in [-0.25, -0.2) is 4.79 Å². The van der Waals surface area contributed by atoms with Crippen LogP contribution in [-0.4, -0.2) is 41.3 Å². The summed E-state index contributed by atoms with van der Waals surface area (Å²) < 4.78 is 5.29. The topological polar surface area (TPSA) is 51.5 Å². The second-order valence-corrected chi connectivity index (χ2v) is 5.48. The molecule has 2 atom stereocenters. The highest BCUT2D eigenvalue weighted by molar-refractivity contribution is 5.69. The van der Waals surface area contributed by atoms with Gasteiger partial charge in [0.1, 0.15) is 5.60 Å². The predicted molar refractivity (Wildman–Crippen MR) is 53.1 cm³/mol. The number of carbonyl (C=O) groups is 1. The van der Waals surface area contributed by atoms with Crippen molar-refractivity contribution in [3.8, 4) is 0 Å². The molecule has 2 aliphatic heterocycles. The molecule has 1 amide bonds. The summed E-state index contributed by atoms with van der Waals surface area (Å²) in [5, 5.41) is 3.34. The smallest absolute Gasteiger partial charge is 0.410 e. The minimum Gasteiger partial charge on any atom is -0.444 e. The number of fused-ring (bicyclic) bond motifs is 1. The Balaban J connectivity index is 1.89. The molecule has 0 saturated carbocycles. The van der Waals surface area contributed by atoms with Crippen molar-refractivity contribution in [1.82, 2.24) is 10.2 Å². The molecular weight excluding hydrogens is 180 g/mol. The summed E-state index contributed by atoms with van der Waals surface area (Å²) in [7, 11) is 0. The average molecular weight is 198 g/mol. The highest BCUT2D eigenvalue weighted by Crippen LogP contribution is 2.34. The molecule has 0 aromatic rings. The molecule has 2 fully saturated rings. The van der Waals surface area contributed by atoms with Crippen LogP contribution in [0.25, 0.3) is 0 Å². The normalized spacial score (nSPS) is 35.4. The van der Waals surface area contributed by atoms with E-state index in [1.807, 2.05) is 20.8 Å². The average Bonchev–Trinajstić information content (AvgIpc) is 2.47. The fraction of sp³-hybridized carbons (Fsp3) is 0.900. The van der Waals surface area contributed by atoms with Crippen LogP contribution < -0.4 is 5.32 Å². The molecule has 2 aliphatic rings. The van der Waals surface area contributed by atoms with Crippen molar-refractivity contribution in [2.45, 2.75) is 44.9 Å². The first kappa shape index (κ1) is 9.77. The van der Waals surface area contributed by atoms with Crippen molar-refractivity contribution in [1.29, 1.82) is 0 Å². The van der Waals surface area contributed by atoms with Crippen LogP contribution in [0, 0.1) is 0 Å². The Kier molecular flexibility index (Phi) is 1.83. The highest BCUT2D eigenvalue weighted by atomic mass is 16.6. The lowest BCUT2D eigenvalue weighted by atomic mass is 10.1. The van der Waals surface area contributed by atoms with Crippen LogP contribution in [0.15, 0.2) is 0 Å². The molecule has 80 valence electrons. The molecule has 4 nitrogen and oxygen atoms in total. The molecule has 0 spiro atoms. The van der Waals surface area contributed by atoms with Gasteiger partial charge in [0, 0.05) is 19.1 Å². The van der Waals surface area contributed by atoms with Gasteiger partial charge in [-0.1, -0.05) is 0 Å². The maximum atomic E-state index is 11.6. The lowest BCUT2D eigenvalue weighted by Gasteiger charge is -2.25. The lowest BCUT2D eigenvalue weighted by Crippen LogP contribution is -2.39. The maximum Gasteiger partial charge on any atom is 0.410 e. The third-order valence-corrected chi connectivity index (χ3v) is 2.76. The Morgan fingerprint density at radius 1 is 1.57 bits per heavy atom. The zero-order valence-corrected chi connectivity index (χ0v) is 9.26. The van der Waals surface area contributed by atoms with Gasteiger partial charge >= 0.3 is 6.09 Å². The van der Waals surface area contributed by atoms with E-state index in [0.29, 0.717) is 6.04 Å². The van der Waals surface area contributed by atoms with Crippen LogP contribution in [0.1, 0.15) is 27.7 Å². The van der Waals surface area contributed by atoms with Crippen molar-refractivity contribution in [2.75, 3.05) is 13.1 Å². The van der Waals surface area contributed by atoms with E-state index in [-0.39, 0.29) is 11.6 Å². The van der Waals surface area contributed by atoms with E-state index < -0.39 is 5.60 Å². The van der Waals surface area contributed by atoms with Crippen LogP contribution in [-0.2, 0) is 4.74 Å². The fourth-order valence-corrected chi connectivity index (χ4v) is 1.91. The first-order chi connectivity index (χ1) is 6.30. The molecule has 2 heterocycles. The standard InChI is InChI=1S/C10H18N2O2/c1-9(2,3)14-8(13)12-5-7-10(4,6-12)11-7/h7,11H,5-6H2,1-4H3/t7-,10+/m1/s1. The van der Waals surface area contributed by atoms with Crippen LogP contribution in [0.2, 0.25) is 0 Å². The largest absolute Gasteiger partial charge is 0.444 e. The fourth-order valence-electron chi connectivity index (χ4n) is 1.91. The number of carbonyl (C=O) groups excluding carboxylic acids is 1. The molecule has 1 N–H and O–H groups in total. The molecule has 0 aromatic heterocycles. The van der Waals surface area contributed by atoms with E-state index in [4.69, 9.17) is 4.74 Å². The number of likely N-dealkylation sites (tertiary alicyclic amines) is 1. The van der Waals surface area contributed by atoms with Crippen molar-refractivity contribution in [2.24, 2.45) is 0 Å². The zero-order valence-electron chi connectivity index (χ0n) is 9.26. The summed E-state index contributed by atoms with van der Waals surface area (Å²) in [6.07, 6.45) is -0.187. The number of nitrogens with one attached hydrogen (secondary N) is 1. The summed E-state index contributed by atoms with van der Waals surface area (Å²) in [5.41, 5.74) is -0.227. The Morgan fingerprint density at radius 3 is 2.64 bits per heavy atom. The minimum absolute atomic E-state index is 0.164. The molecule has 0 bridgehead atoms. The van der Waals surface area contributed by atoms with Crippen molar-refractivity contribution in [3.63, 3.8) is 0 Å². The summed E-state index contributed by atoms with van der Waals surface area (Å²) in [6, 6.07) is 0.481. The summed E-state index contributed by atoms with van der Waals surface area (Å²) in [6.45, 7) is 9.37. The predicted octanol–water partition coefficient (Wildman–Crippen LogP) is 0.968. The summed E-state index contributed by atoms with van der Waals surface area (Å²) in [4.78, 5) is 13.4. The van der Waals surface area contributed by atoms with Crippen LogP contribution in [0.4, 0.5) is 4.79 Å². The second kappa shape index (κ2) is 2.63. The maximum absolute atomic E-state index is 11.6. The first-order valence-corrected chi connectivity index (χ1v) is 5.06. The number of rotatable bonds is 0. The molecule has 0 radical (unpaired) electrons. The van der Waals surface area contributed by atoms with Gasteiger partial charge in [-0.05, 0) is 27.7 Å². The third kappa shape index (κ3) is 1.71. The molecule has 2 rings (SSSR count). The van der Waals surface area contributed by atoms with Gasteiger partial charge in [-0.2, -0.15) is 0 Å². The molecule has 2 saturated heterocycles. The molecule has 0 aromatic carbocycles. The molecule has 14 heavy (non-hydrogen) atoms. The van der Waals surface area contributed by atoms with Crippen molar-refractivity contribution < 1.29 is 9.53 Å². The Hall–Kier alpha value is -0.770. The number of nitrogens with zero attached hydrogens (tertiary/aromatic N) is 1. The van der Waals surface area contributed by atoms with Crippen LogP contribution in [0.3, 0.4) is 0 Å². The Labute approximate surface area is 84.6 Å².